The standard InChI is InChI=1S/C21H30F3NO5/c1-12(2)15(18(27)21(22,23)24)11-16(26)17(25-19(28)30-20(3,4)5)13-7-9-14(29-6)10-8-13/h7-10,12,15,17-18,27H,11H2,1-6H3,(H,25,28)/t15-,17-,18-/m0/s1. The van der Waals surface area contributed by atoms with Crippen molar-refractivity contribution >= 4 is 11.9 Å². The zero-order valence-electron chi connectivity index (χ0n) is 18.0. The van der Waals surface area contributed by atoms with E-state index in [2.05, 4.69) is 5.32 Å². The molecule has 0 bridgehead atoms. The Kier molecular flexibility index (Phi) is 8.71. The maximum atomic E-state index is 13.0. The maximum Gasteiger partial charge on any atom is 0.414 e. The Hall–Kier alpha value is -2.29. The molecule has 0 saturated heterocycles. The normalized spacial score (nSPS) is 15.3. The molecule has 1 rings (SSSR count). The van der Waals surface area contributed by atoms with E-state index in [1.807, 2.05) is 0 Å². The Morgan fingerprint density at radius 3 is 2.03 bits per heavy atom. The third kappa shape index (κ3) is 7.85. The summed E-state index contributed by atoms with van der Waals surface area (Å²) in [6.45, 7) is 7.93. The number of alkyl halides is 3. The molecule has 3 atom stereocenters. The van der Waals surface area contributed by atoms with E-state index in [-0.39, 0.29) is 0 Å². The van der Waals surface area contributed by atoms with Crippen LogP contribution in [0.3, 0.4) is 0 Å². The number of hydrogen-bond acceptors (Lipinski definition) is 5. The van der Waals surface area contributed by atoms with Gasteiger partial charge < -0.3 is 19.9 Å². The summed E-state index contributed by atoms with van der Waals surface area (Å²) in [6, 6.07) is 4.95. The zero-order valence-corrected chi connectivity index (χ0v) is 18.0. The van der Waals surface area contributed by atoms with Crippen molar-refractivity contribution in [3.05, 3.63) is 29.8 Å². The molecule has 30 heavy (non-hydrogen) atoms. The highest BCUT2D eigenvalue weighted by Crippen LogP contribution is 2.33. The van der Waals surface area contributed by atoms with Crippen LogP contribution < -0.4 is 10.1 Å². The molecule has 170 valence electrons. The largest absolute Gasteiger partial charge is 0.497 e. The van der Waals surface area contributed by atoms with Gasteiger partial charge in [0.15, 0.2) is 11.9 Å². The number of ketones is 1. The maximum absolute atomic E-state index is 13.0. The molecule has 0 fully saturated rings. The Morgan fingerprint density at radius 1 is 1.10 bits per heavy atom. The van der Waals surface area contributed by atoms with Crippen LogP contribution in [-0.2, 0) is 9.53 Å². The van der Waals surface area contributed by atoms with Crippen molar-refractivity contribution in [3.8, 4) is 5.75 Å². The molecule has 0 aliphatic rings. The third-order valence-corrected chi connectivity index (χ3v) is 4.47. The Balaban J connectivity index is 3.17. The van der Waals surface area contributed by atoms with E-state index < -0.39 is 54.1 Å². The van der Waals surface area contributed by atoms with Gasteiger partial charge in [-0.1, -0.05) is 26.0 Å². The number of carbonyl (C=O) groups excluding carboxylic acids is 2. The van der Waals surface area contributed by atoms with Crippen molar-refractivity contribution in [2.75, 3.05) is 7.11 Å². The number of aliphatic hydroxyl groups is 1. The topological polar surface area (TPSA) is 84.9 Å². The van der Waals surface area contributed by atoms with Gasteiger partial charge in [0.05, 0.1) is 7.11 Å². The van der Waals surface area contributed by atoms with Gasteiger partial charge in [-0.25, -0.2) is 4.79 Å². The summed E-state index contributed by atoms with van der Waals surface area (Å²) >= 11 is 0. The van der Waals surface area contributed by atoms with Crippen LogP contribution in [0.2, 0.25) is 0 Å². The number of methoxy groups -OCH3 is 1. The van der Waals surface area contributed by atoms with Crippen LogP contribution in [0.4, 0.5) is 18.0 Å². The van der Waals surface area contributed by atoms with Gasteiger partial charge in [0.2, 0.25) is 0 Å². The summed E-state index contributed by atoms with van der Waals surface area (Å²) in [4.78, 5) is 25.2. The molecule has 0 saturated carbocycles. The number of alkyl carbamates (subject to hydrolysis) is 1. The molecule has 0 aromatic heterocycles. The smallest absolute Gasteiger partial charge is 0.414 e. The molecule has 1 aromatic rings. The first kappa shape index (κ1) is 25.7. The van der Waals surface area contributed by atoms with Crippen molar-refractivity contribution in [1.29, 1.82) is 0 Å². The second-order valence-corrected chi connectivity index (χ2v) is 8.42. The number of halogens is 3. The van der Waals surface area contributed by atoms with E-state index in [0.29, 0.717) is 11.3 Å². The molecule has 6 nitrogen and oxygen atoms in total. The van der Waals surface area contributed by atoms with Gasteiger partial charge in [-0.2, -0.15) is 13.2 Å². The van der Waals surface area contributed by atoms with Crippen LogP contribution in [0, 0.1) is 11.8 Å². The molecule has 0 heterocycles. The molecule has 0 radical (unpaired) electrons. The average Bonchev–Trinajstić information content (AvgIpc) is 2.61. The minimum absolute atomic E-state index is 0.357. The first-order valence-electron chi connectivity index (χ1n) is 9.56. The SMILES string of the molecule is COc1ccc([C@H](NC(=O)OC(C)(C)C)C(=O)C[C@@H](C(C)C)[C@H](O)C(F)(F)F)cc1. The van der Waals surface area contributed by atoms with E-state index >= 15 is 0 Å². The Morgan fingerprint density at radius 2 is 1.63 bits per heavy atom. The van der Waals surface area contributed by atoms with Crippen molar-refractivity contribution in [1.82, 2.24) is 5.32 Å². The lowest BCUT2D eigenvalue weighted by Crippen LogP contribution is -2.42. The van der Waals surface area contributed by atoms with Gasteiger partial charge in [-0.05, 0) is 44.4 Å². The number of benzene rings is 1. The second-order valence-electron chi connectivity index (χ2n) is 8.42. The van der Waals surface area contributed by atoms with Crippen LogP contribution >= 0.6 is 0 Å². The van der Waals surface area contributed by atoms with Crippen molar-refractivity contribution < 1.29 is 37.3 Å². The van der Waals surface area contributed by atoms with Gasteiger partial charge in [0, 0.05) is 12.3 Å². The number of carbonyl (C=O) groups is 2. The summed E-state index contributed by atoms with van der Waals surface area (Å²) in [5.74, 6) is -2.15. The van der Waals surface area contributed by atoms with Gasteiger partial charge in [0.1, 0.15) is 17.4 Å². The van der Waals surface area contributed by atoms with E-state index in [9.17, 15) is 27.9 Å². The Labute approximate surface area is 174 Å². The van der Waals surface area contributed by atoms with Crippen molar-refractivity contribution in [2.24, 2.45) is 11.8 Å². The minimum atomic E-state index is -4.86. The van der Waals surface area contributed by atoms with E-state index in [1.165, 1.54) is 33.1 Å². The number of Topliss-reactive ketones (excluding diaryl/α,β-unsaturated/α-hetero) is 1. The van der Waals surface area contributed by atoms with Gasteiger partial charge in [-0.3, -0.25) is 4.79 Å². The molecular formula is C21H30F3NO5. The van der Waals surface area contributed by atoms with E-state index in [4.69, 9.17) is 9.47 Å². The number of amides is 1. The third-order valence-electron chi connectivity index (χ3n) is 4.47. The molecular weight excluding hydrogens is 403 g/mol. The summed E-state index contributed by atoms with van der Waals surface area (Å²) < 4.78 is 49.4. The number of aliphatic hydroxyl groups excluding tert-OH is 1. The fraction of sp³-hybridized carbons (Fsp3) is 0.619. The van der Waals surface area contributed by atoms with Gasteiger partial charge >= 0.3 is 12.3 Å². The van der Waals surface area contributed by atoms with E-state index in [1.54, 1.807) is 32.9 Å². The predicted molar refractivity (Wildman–Crippen MR) is 105 cm³/mol. The molecule has 0 aliphatic heterocycles. The van der Waals surface area contributed by atoms with Gasteiger partial charge in [-0.15, -0.1) is 0 Å². The lowest BCUT2D eigenvalue weighted by atomic mass is 9.83. The first-order valence-corrected chi connectivity index (χ1v) is 9.56. The molecule has 0 unspecified atom stereocenters. The van der Waals surface area contributed by atoms with Crippen LogP contribution in [-0.4, -0.2) is 42.0 Å². The number of rotatable bonds is 8. The first-order chi connectivity index (χ1) is 13.7. The highest BCUT2D eigenvalue weighted by molar-refractivity contribution is 5.88. The fourth-order valence-corrected chi connectivity index (χ4v) is 2.88. The van der Waals surface area contributed by atoms with Gasteiger partial charge in [0.25, 0.3) is 0 Å². The van der Waals surface area contributed by atoms with Crippen molar-refractivity contribution in [2.45, 2.75) is 65.0 Å². The summed E-state index contributed by atoms with van der Waals surface area (Å²) in [6.07, 6.45) is -8.97. The molecule has 0 spiro atoms. The van der Waals surface area contributed by atoms with Crippen LogP contribution in [0.5, 0.6) is 5.75 Å². The summed E-state index contributed by atoms with van der Waals surface area (Å²) in [5, 5.41) is 12.1. The van der Waals surface area contributed by atoms with Crippen LogP contribution in [0.25, 0.3) is 0 Å². The summed E-state index contributed by atoms with van der Waals surface area (Å²) in [5.41, 5.74) is -0.472. The highest BCUT2D eigenvalue weighted by atomic mass is 19.4. The zero-order chi connectivity index (χ0) is 23.3. The molecule has 9 heteroatoms. The minimum Gasteiger partial charge on any atom is -0.497 e. The number of hydrogen-bond donors (Lipinski definition) is 2. The predicted octanol–water partition coefficient (Wildman–Crippen LogP) is 4.42. The molecule has 1 amide bonds. The lowest BCUT2D eigenvalue weighted by Gasteiger charge is -2.29. The quantitative estimate of drug-likeness (QED) is 0.634. The van der Waals surface area contributed by atoms with E-state index in [0.717, 1.165) is 0 Å². The molecule has 1 aromatic carbocycles. The lowest BCUT2D eigenvalue weighted by molar-refractivity contribution is -0.224. The molecule has 2 N–H and O–H groups in total. The average molecular weight is 433 g/mol. The second kappa shape index (κ2) is 10.1. The summed E-state index contributed by atoms with van der Waals surface area (Å²) in [7, 11) is 1.46. The van der Waals surface area contributed by atoms with Crippen LogP contribution in [0.1, 0.15) is 52.6 Å². The highest BCUT2D eigenvalue weighted by Gasteiger charge is 2.45. The monoisotopic (exact) mass is 433 g/mol. The fourth-order valence-electron chi connectivity index (χ4n) is 2.88. The number of nitrogens with one attached hydrogen (secondary N) is 1. The Bertz CT molecular complexity index is 711. The van der Waals surface area contributed by atoms with Crippen molar-refractivity contribution in [3.63, 3.8) is 0 Å². The number of ether oxygens (including phenoxy) is 2. The molecule has 0 aliphatic carbocycles. The van der Waals surface area contributed by atoms with Crippen LogP contribution in [0.15, 0.2) is 24.3 Å².